The van der Waals surface area contributed by atoms with Gasteiger partial charge in [-0.2, -0.15) is 5.10 Å². The standard InChI is InChI=1S/C13H13ClN4O3/c1-8(2)17-11(6-7-15-17)16-13(19)9-4-3-5-10(14)12(9)18(20)21/h3-8H,1-2H3,(H,16,19). The highest BCUT2D eigenvalue weighted by Crippen LogP contribution is 2.28. The topological polar surface area (TPSA) is 90.1 Å². The minimum atomic E-state index is -0.670. The molecule has 1 aromatic carbocycles. The SMILES string of the molecule is CC(C)n1nccc1NC(=O)c1cccc(Cl)c1[N+](=O)[O-]. The van der Waals surface area contributed by atoms with E-state index in [1.165, 1.54) is 18.2 Å². The Morgan fingerprint density at radius 1 is 1.43 bits per heavy atom. The van der Waals surface area contributed by atoms with Crippen LogP contribution in [0.2, 0.25) is 5.02 Å². The zero-order chi connectivity index (χ0) is 15.6. The number of amides is 1. The molecule has 0 aliphatic carbocycles. The van der Waals surface area contributed by atoms with Crippen molar-refractivity contribution >= 4 is 29.0 Å². The van der Waals surface area contributed by atoms with E-state index in [1.807, 2.05) is 13.8 Å². The van der Waals surface area contributed by atoms with Gasteiger partial charge in [0.05, 0.1) is 11.1 Å². The van der Waals surface area contributed by atoms with Crippen molar-refractivity contribution in [2.24, 2.45) is 0 Å². The minimum absolute atomic E-state index is 0.0460. The Morgan fingerprint density at radius 2 is 2.14 bits per heavy atom. The molecule has 1 heterocycles. The number of halogens is 1. The number of carbonyl (C=O) groups excluding carboxylic acids is 1. The molecular formula is C13H13ClN4O3. The van der Waals surface area contributed by atoms with Crippen LogP contribution in [0.3, 0.4) is 0 Å². The molecule has 0 atom stereocenters. The maximum atomic E-state index is 12.2. The maximum absolute atomic E-state index is 12.2. The molecule has 0 fully saturated rings. The Kier molecular flexibility index (Phi) is 4.23. The third-order valence-electron chi connectivity index (χ3n) is 2.82. The number of para-hydroxylation sites is 1. The monoisotopic (exact) mass is 308 g/mol. The smallest absolute Gasteiger partial charge is 0.300 e. The van der Waals surface area contributed by atoms with E-state index in [0.29, 0.717) is 5.82 Å². The van der Waals surface area contributed by atoms with Crippen molar-refractivity contribution in [3.63, 3.8) is 0 Å². The lowest BCUT2D eigenvalue weighted by atomic mass is 10.1. The van der Waals surface area contributed by atoms with Gasteiger partial charge in [0.25, 0.3) is 5.91 Å². The van der Waals surface area contributed by atoms with Gasteiger partial charge in [-0.1, -0.05) is 17.7 Å². The third-order valence-corrected chi connectivity index (χ3v) is 3.12. The highest BCUT2D eigenvalue weighted by Gasteiger charge is 2.24. The summed E-state index contributed by atoms with van der Waals surface area (Å²) in [5, 5.41) is 17.7. The summed E-state index contributed by atoms with van der Waals surface area (Å²) < 4.78 is 1.61. The molecule has 0 bridgehead atoms. The maximum Gasteiger partial charge on any atom is 0.300 e. The second-order valence-electron chi connectivity index (χ2n) is 4.60. The van der Waals surface area contributed by atoms with Crippen molar-refractivity contribution in [3.05, 3.63) is 51.2 Å². The van der Waals surface area contributed by atoms with Crippen LogP contribution in [0.25, 0.3) is 0 Å². The lowest BCUT2D eigenvalue weighted by Crippen LogP contribution is -2.18. The van der Waals surface area contributed by atoms with Gasteiger partial charge in [-0.15, -0.1) is 0 Å². The van der Waals surface area contributed by atoms with Gasteiger partial charge in [0.15, 0.2) is 0 Å². The fraction of sp³-hybridized carbons (Fsp3) is 0.231. The van der Waals surface area contributed by atoms with Crippen molar-refractivity contribution in [1.82, 2.24) is 9.78 Å². The van der Waals surface area contributed by atoms with E-state index in [9.17, 15) is 14.9 Å². The Morgan fingerprint density at radius 3 is 2.76 bits per heavy atom. The summed E-state index contributed by atoms with van der Waals surface area (Å²) in [6.45, 7) is 3.81. The zero-order valence-corrected chi connectivity index (χ0v) is 12.2. The van der Waals surface area contributed by atoms with Crippen LogP contribution in [0.1, 0.15) is 30.2 Å². The second-order valence-corrected chi connectivity index (χ2v) is 5.01. The van der Waals surface area contributed by atoms with Gasteiger partial charge >= 0.3 is 5.69 Å². The van der Waals surface area contributed by atoms with E-state index in [1.54, 1.807) is 16.9 Å². The van der Waals surface area contributed by atoms with E-state index in [-0.39, 0.29) is 16.6 Å². The molecule has 0 radical (unpaired) electrons. The number of carbonyl (C=O) groups is 1. The molecule has 0 spiro atoms. The number of nitrogens with one attached hydrogen (secondary N) is 1. The predicted octanol–water partition coefficient (Wildman–Crippen LogP) is 3.28. The fourth-order valence-corrected chi connectivity index (χ4v) is 2.14. The van der Waals surface area contributed by atoms with Crippen LogP contribution in [0.4, 0.5) is 11.5 Å². The summed E-state index contributed by atoms with van der Waals surface area (Å²) in [7, 11) is 0. The Hall–Kier alpha value is -2.41. The Balaban J connectivity index is 2.35. The average molecular weight is 309 g/mol. The molecule has 110 valence electrons. The molecule has 1 amide bonds. The highest BCUT2D eigenvalue weighted by molar-refractivity contribution is 6.33. The average Bonchev–Trinajstić information content (AvgIpc) is 2.86. The van der Waals surface area contributed by atoms with E-state index >= 15 is 0 Å². The summed E-state index contributed by atoms with van der Waals surface area (Å²) in [5.74, 6) is -0.143. The van der Waals surface area contributed by atoms with E-state index in [2.05, 4.69) is 10.4 Å². The molecule has 0 aliphatic heterocycles. The van der Waals surface area contributed by atoms with Crippen molar-refractivity contribution in [2.45, 2.75) is 19.9 Å². The molecule has 2 aromatic rings. The predicted molar refractivity (Wildman–Crippen MR) is 78.7 cm³/mol. The number of nitrogens with zero attached hydrogens (tertiary/aromatic N) is 3. The second kappa shape index (κ2) is 5.92. The summed E-state index contributed by atoms with van der Waals surface area (Å²) >= 11 is 5.79. The van der Waals surface area contributed by atoms with E-state index < -0.39 is 16.5 Å². The van der Waals surface area contributed by atoms with E-state index in [0.717, 1.165) is 0 Å². The van der Waals surface area contributed by atoms with Crippen LogP contribution in [-0.4, -0.2) is 20.6 Å². The number of nitro groups is 1. The number of hydrogen-bond donors (Lipinski definition) is 1. The van der Waals surface area contributed by atoms with Gasteiger partial charge in [0.1, 0.15) is 16.4 Å². The van der Waals surface area contributed by atoms with Crippen molar-refractivity contribution in [3.8, 4) is 0 Å². The van der Waals surface area contributed by atoms with Gasteiger partial charge < -0.3 is 5.32 Å². The number of nitro benzene ring substituents is 1. The Labute approximate surface area is 125 Å². The summed E-state index contributed by atoms with van der Waals surface area (Å²) in [6, 6.07) is 5.88. The van der Waals surface area contributed by atoms with Crippen LogP contribution in [0.15, 0.2) is 30.5 Å². The minimum Gasteiger partial charge on any atom is -0.307 e. The number of rotatable bonds is 4. The lowest BCUT2D eigenvalue weighted by Gasteiger charge is -2.12. The normalized spacial score (nSPS) is 10.7. The van der Waals surface area contributed by atoms with Crippen LogP contribution in [0, 0.1) is 10.1 Å². The van der Waals surface area contributed by atoms with Gasteiger partial charge in [0.2, 0.25) is 0 Å². The molecule has 0 saturated heterocycles. The molecule has 0 aliphatic rings. The van der Waals surface area contributed by atoms with Crippen LogP contribution in [0.5, 0.6) is 0 Å². The number of anilines is 1. The first kappa shape index (κ1) is 15.0. The molecule has 1 N–H and O–H groups in total. The number of hydrogen-bond acceptors (Lipinski definition) is 4. The summed E-state index contributed by atoms with van der Waals surface area (Å²) in [6.07, 6.45) is 1.54. The molecule has 2 rings (SSSR count). The third kappa shape index (κ3) is 3.03. The van der Waals surface area contributed by atoms with Gasteiger partial charge in [0, 0.05) is 12.1 Å². The molecule has 1 aromatic heterocycles. The van der Waals surface area contributed by atoms with Gasteiger partial charge in [-0.25, -0.2) is 4.68 Å². The zero-order valence-electron chi connectivity index (χ0n) is 11.4. The molecule has 0 saturated carbocycles. The first-order valence-corrected chi connectivity index (χ1v) is 6.57. The fourth-order valence-electron chi connectivity index (χ4n) is 1.89. The molecule has 21 heavy (non-hydrogen) atoms. The molecule has 8 heteroatoms. The molecule has 0 unspecified atom stereocenters. The summed E-state index contributed by atoms with van der Waals surface area (Å²) in [4.78, 5) is 22.6. The number of aromatic nitrogens is 2. The van der Waals surface area contributed by atoms with Crippen LogP contribution in [-0.2, 0) is 0 Å². The van der Waals surface area contributed by atoms with Crippen LogP contribution < -0.4 is 5.32 Å². The first-order chi connectivity index (χ1) is 9.91. The van der Waals surface area contributed by atoms with Crippen LogP contribution >= 0.6 is 11.6 Å². The van der Waals surface area contributed by atoms with E-state index in [4.69, 9.17) is 11.6 Å². The van der Waals surface area contributed by atoms with Gasteiger partial charge in [-0.05, 0) is 26.0 Å². The van der Waals surface area contributed by atoms with Crippen molar-refractivity contribution in [2.75, 3.05) is 5.32 Å². The number of benzene rings is 1. The molecular weight excluding hydrogens is 296 g/mol. The highest BCUT2D eigenvalue weighted by atomic mass is 35.5. The van der Waals surface area contributed by atoms with Crippen molar-refractivity contribution < 1.29 is 9.72 Å². The largest absolute Gasteiger partial charge is 0.307 e. The lowest BCUT2D eigenvalue weighted by molar-refractivity contribution is -0.385. The first-order valence-electron chi connectivity index (χ1n) is 6.19. The molecule has 7 nitrogen and oxygen atoms in total. The van der Waals surface area contributed by atoms with Gasteiger partial charge in [-0.3, -0.25) is 14.9 Å². The van der Waals surface area contributed by atoms with Crippen molar-refractivity contribution in [1.29, 1.82) is 0 Å². The summed E-state index contributed by atoms with van der Waals surface area (Å²) in [5.41, 5.74) is -0.503. The Bertz CT molecular complexity index is 696. The quantitative estimate of drug-likeness (QED) is 0.693.